The monoisotopic (exact) mass is 643 g/mol. The number of rotatable bonds is 14. The van der Waals surface area contributed by atoms with Crippen molar-refractivity contribution < 1.29 is 23.5 Å². The first-order valence-electron chi connectivity index (χ1n) is 15.1. The van der Waals surface area contributed by atoms with Crippen molar-refractivity contribution in [3.63, 3.8) is 0 Å². The summed E-state index contributed by atoms with van der Waals surface area (Å²) >= 11 is 1.44. The molecule has 2 amide bonds. The van der Waals surface area contributed by atoms with E-state index < -0.39 is 37.3 Å². The summed E-state index contributed by atoms with van der Waals surface area (Å²) in [7, 11) is -1.44. The Balaban J connectivity index is 2.07. The quantitative estimate of drug-likeness (QED) is 0.179. The van der Waals surface area contributed by atoms with Crippen LogP contribution in [0.25, 0.3) is 11.1 Å². The van der Waals surface area contributed by atoms with Crippen molar-refractivity contribution in [2.45, 2.75) is 65.5 Å². The molecular weight excluding hydrogens is 597 g/mol. The highest BCUT2D eigenvalue weighted by atomic mass is 32.2. The van der Waals surface area contributed by atoms with Crippen molar-refractivity contribution in [2.75, 3.05) is 31.6 Å². The standard InChI is InChI=1S/C34H47F2N3O3SSi/c1-34(2,3)32(39(31(40)24-43-4)17-11-16-37(33(41)42)18-19-44(5,6)7)30-20-26(28-21-27(35)14-15-29(28)36)23-38(30)22-25-12-9-8-10-13-25/h8-10,12-15,20-21,23,32H,11,16-19,22,24H2,1-7H3,(H,41,42)/t32-/m0/s1. The first-order valence-corrected chi connectivity index (χ1v) is 20.2. The summed E-state index contributed by atoms with van der Waals surface area (Å²) in [6, 6.07) is 15.6. The van der Waals surface area contributed by atoms with Crippen molar-refractivity contribution >= 4 is 31.8 Å². The molecule has 0 fully saturated rings. The fourth-order valence-electron chi connectivity index (χ4n) is 5.42. The van der Waals surface area contributed by atoms with Gasteiger partial charge in [-0.15, -0.1) is 0 Å². The zero-order valence-electron chi connectivity index (χ0n) is 27.1. The molecule has 0 aliphatic carbocycles. The zero-order valence-corrected chi connectivity index (χ0v) is 28.9. The van der Waals surface area contributed by atoms with Gasteiger partial charge in [0, 0.05) is 57.3 Å². The minimum atomic E-state index is -1.44. The maximum absolute atomic E-state index is 15.0. The lowest BCUT2D eigenvalue weighted by Gasteiger charge is -2.41. The van der Waals surface area contributed by atoms with Crippen LogP contribution in [0.2, 0.25) is 25.7 Å². The van der Waals surface area contributed by atoms with Gasteiger partial charge in [-0.05, 0) is 54.0 Å². The average molecular weight is 644 g/mol. The van der Waals surface area contributed by atoms with Crippen molar-refractivity contribution in [3.8, 4) is 11.1 Å². The molecule has 1 heterocycles. The molecule has 0 saturated heterocycles. The highest BCUT2D eigenvalue weighted by molar-refractivity contribution is 7.99. The highest BCUT2D eigenvalue weighted by Gasteiger charge is 2.37. The molecule has 0 saturated carbocycles. The van der Waals surface area contributed by atoms with Crippen LogP contribution in [0.15, 0.2) is 60.8 Å². The number of hydrogen-bond acceptors (Lipinski definition) is 3. The number of carboxylic acid groups (broad SMARTS) is 1. The lowest BCUT2D eigenvalue weighted by molar-refractivity contribution is -0.133. The Kier molecular flexibility index (Phi) is 12.3. The van der Waals surface area contributed by atoms with E-state index in [0.717, 1.165) is 29.4 Å². The molecule has 1 N–H and O–H groups in total. The molecule has 0 aliphatic heterocycles. The van der Waals surface area contributed by atoms with Gasteiger partial charge in [-0.1, -0.05) is 70.7 Å². The molecule has 0 bridgehead atoms. The van der Waals surface area contributed by atoms with Gasteiger partial charge in [-0.25, -0.2) is 13.6 Å². The molecule has 3 rings (SSSR count). The van der Waals surface area contributed by atoms with E-state index in [1.807, 2.05) is 58.3 Å². The number of hydrogen-bond donors (Lipinski definition) is 1. The topological polar surface area (TPSA) is 65.8 Å². The summed E-state index contributed by atoms with van der Waals surface area (Å²) < 4.78 is 31.3. The molecule has 3 aromatic rings. The first-order chi connectivity index (χ1) is 20.6. The Bertz CT molecular complexity index is 1400. The average Bonchev–Trinajstić information content (AvgIpc) is 3.32. The SMILES string of the molecule is CSCC(=O)N(CCCN(CC[Si](C)(C)C)C(=O)O)[C@@H](c1cc(-c2cc(F)ccc2F)cn1Cc1ccccc1)C(C)(C)C. The summed E-state index contributed by atoms with van der Waals surface area (Å²) in [6.07, 6.45) is 3.25. The minimum Gasteiger partial charge on any atom is -0.465 e. The second kappa shape index (κ2) is 15.3. The van der Waals surface area contributed by atoms with Gasteiger partial charge in [-0.2, -0.15) is 11.8 Å². The van der Waals surface area contributed by atoms with Crippen LogP contribution in [0.1, 0.15) is 44.5 Å². The Labute approximate surface area is 266 Å². The number of aromatic nitrogens is 1. The summed E-state index contributed by atoms with van der Waals surface area (Å²) in [6.45, 7) is 14.5. The Hall–Kier alpha value is -3.11. The van der Waals surface area contributed by atoms with Gasteiger partial charge in [0.15, 0.2) is 0 Å². The third-order valence-corrected chi connectivity index (χ3v) is 9.85. The summed E-state index contributed by atoms with van der Waals surface area (Å²) in [4.78, 5) is 29.1. The maximum atomic E-state index is 15.0. The number of carbonyl (C=O) groups excluding carboxylic acids is 1. The molecule has 6 nitrogen and oxygen atoms in total. The van der Waals surface area contributed by atoms with Crippen LogP contribution in [0.5, 0.6) is 0 Å². The first kappa shape index (κ1) is 35.4. The van der Waals surface area contributed by atoms with Crippen molar-refractivity contribution in [2.24, 2.45) is 5.41 Å². The molecule has 240 valence electrons. The molecule has 1 atom stereocenters. The zero-order chi connectivity index (χ0) is 32.7. The van der Waals surface area contributed by atoms with Gasteiger partial charge >= 0.3 is 6.09 Å². The third-order valence-electron chi connectivity index (χ3n) is 7.59. The van der Waals surface area contributed by atoms with Gasteiger partial charge in [0.05, 0.1) is 11.8 Å². The van der Waals surface area contributed by atoms with Crippen molar-refractivity contribution in [1.82, 2.24) is 14.4 Å². The van der Waals surface area contributed by atoms with Crippen LogP contribution >= 0.6 is 11.8 Å². The van der Waals surface area contributed by atoms with E-state index in [-0.39, 0.29) is 17.2 Å². The van der Waals surface area contributed by atoms with Gasteiger partial charge in [0.2, 0.25) is 5.91 Å². The Morgan fingerprint density at radius 1 is 1.00 bits per heavy atom. The second-order valence-electron chi connectivity index (χ2n) is 13.6. The molecule has 0 unspecified atom stereocenters. The van der Waals surface area contributed by atoms with Gasteiger partial charge in [-0.3, -0.25) is 4.79 Å². The predicted molar refractivity (Wildman–Crippen MR) is 180 cm³/mol. The molecule has 0 aliphatic rings. The number of nitrogens with zero attached hydrogens (tertiary/aromatic N) is 3. The van der Waals surface area contributed by atoms with E-state index in [0.29, 0.717) is 38.2 Å². The van der Waals surface area contributed by atoms with Crippen LogP contribution in [0.4, 0.5) is 13.6 Å². The van der Waals surface area contributed by atoms with E-state index in [1.165, 1.54) is 22.7 Å². The number of carbonyl (C=O) groups is 2. The normalized spacial score (nSPS) is 12.7. The number of thioether (sulfide) groups is 1. The fraction of sp³-hybridized carbons (Fsp3) is 0.471. The lowest BCUT2D eigenvalue weighted by atomic mass is 9.83. The van der Waals surface area contributed by atoms with Crippen LogP contribution in [0, 0.1) is 17.0 Å². The van der Waals surface area contributed by atoms with Crippen LogP contribution in [-0.4, -0.2) is 71.2 Å². The largest absolute Gasteiger partial charge is 0.465 e. The highest BCUT2D eigenvalue weighted by Crippen LogP contribution is 2.41. The molecule has 10 heteroatoms. The summed E-state index contributed by atoms with van der Waals surface area (Å²) in [5, 5.41) is 9.87. The van der Waals surface area contributed by atoms with Crippen LogP contribution in [0.3, 0.4) is 0 Å². The molecule has 44 heavy (non-hydrogen) atoms. The number of halogens is 2. The lowest BCUT2D eigenvalue weighted by Crippen LogP contribution is -2.44. The molecule has 2 aromatic carbocycles. The smallest absolute Gasteiger partial charge is 0.407 e. The van der Waals surface area contributed by atoms with Gasteiger partial charge in [0.1, 0.15) is 11.6 Å². The fourth-order valence-corrected chi connectivity index (χ4v) is 6.77. The van der Waals surface area contributed by atoms with Crippen molar-refractivity contribution in [3.05, 3.63) is 83.7 Å². The third kappa shape index (κ3) is 9.95. The van der Waals surface area contributed by atoms with Crippen LogP contribution < -0.4 is 0 Å². The summed E-state index contributed by atoms with van der Waals surface area (Å²) in [5.41, 5.74) is 2.09. The van der Waals surface area contributed by atoms with E-state index >= 15 is 0 Å². The molecule has 1 aromatic heterocycles. The van der Waals surface area contributed by atoms with Crippen molar-refractivity contribution in [1.29, 1.82) is 0 Å². The maximum Gasteiger partial charge on any atom is 0.407 e. The Morgan fingerprint density at radius 3 is 2.27 bits per heavy atom. The van der Waals surface area contributed by atoms with E-state index in [9.17, 15) is 23.5 Å². The number of benzene rings is 2. The van der Waals surface area contributed by atoms with E-state index in [1.54, 1.807) is 0 Å². The van der Waals surface area contributed by atoms with Crippen LogP contribution in [-0.2, 0) is 11.3 Å². The second-order valence-corrected chi connectivity index (χ2v) is 20.1. The van der Waals surface area contributed by atoms with Gasteiger partial charge < -0.3 is 19.5 Å². The molecule has 0 spiro atoms. The minimum absolute atomic E-state index is 0.0488. The Morgan fingerprint density at radius 2 is 1.68 bits per heavy atom. The predicted octanol–water partition coefficient (Wildman–Crippen LogP) is 8.47. The van der Waals surface area contributed by atoms with E-state index in [2.05, 4.69) is 40.4 Å². The number of amides is 2. The molecular formula is C34H47F2N3O3SSi. The van der Waals surface area contributed by atoms with Gasteiger partial charge in [0.25, 0.3) is 0 Å². The van der Waals surface area contributed by atoms with E-state index in [4.69, 9.17) is 0 Å². The molecule has 0 radical (unpaired) electrons. The summed E-state index contributed by atoms with van der Waals surface area (Å²) in [5.74, 6) is -0.827.